The molecule has 1 amide bonds. The molecule has 4 aromatic rings. The number of H-pyrrole nitrogens is 1. The molecule has 2 saturated heterocycles. The standard InChI is InChI=1S/C28H30N4O3/c1-17-26(18(2)35-31-17)16-34-25-5-3-4-22(14-25)28(33)32-23-6-7-24(32)13-19(12-23)10-20-11-21-8-9-29-27(21)30-15-20/h3-5,8-9,11,14-15,19,23-24H,6-7,10,12-13,16H2,1-2H3,(H,29,30)/t23-,24-/m0/s1. The third-order valence-electron chi connectivity index (χ3n) is 7.69. The molecule has 0 spiro atoms. The Balaban J connectivity index is 1.12. The molecular weight excluding hydrogens is 440 g/mol. The molecular formula is C28H30N4O3. The fraction of sp³-hybridized carbons (Fsp3) is 0.393. The van der Waals surface area contributed by atoms with Crippen molar-refractivity contribution in [2.75, 3.05) is 0 Å². The molecule has 7 nitrogen and oxygen atoms in total. The number of aromatic amines is 1. The van der Waals surface area contributed by atoms with E-state index in [1.54, 1.807) is 0 Å². The molecule has 3 aromatic heterocycles. The number of carbonyl (C=O) groups is 1. The molecule has 7 heteroatoms. The monoisotopic (exact) mass is 470 g/mol. The number of rotatable bonds is 6. The summed E-state index contributed by atoms with van der Waals surface area (Å²) in [5, 5.41) is 5.14. The normalized spacial score (nSPS) is 21.5. The van der Waals surface area contributed by atoms with Gasteiger partial charge in [0.05, 0.1) is 11.3 Å². The number of aromatic nitrogens is 3. The molecule has 2 aliphatic rings. The van der Waals surface area contributed by atoms with E-state index in [9.17, 15) is 4.79 Å². The minimum absolute atomic E-state index is 0.120. The number of fused-ring (bicyclic) bond motifs is 3. The van der Waals surface area contributed by atoms with E-state index >= 15 is 0 Å². The Morgan fingerprint density at radius 2 is 2.00 bits per heavy atom. The smallest absolute Gasteiger partial charge is 0.254 e. The van der Waals surface area contributed by atoms with Crippen molar-refractivity contribution in [1.82, 2.24) is 20.0 Å². The summed E-state index contributed by atoms with van der Waals surface area (Å²) in [6.45, 7) is 4.16. The first-order valence-corrected chi connectivity index (χ1v) is 12.4. The van der Waals surface area contributed by atoms with Gasteiger partial charge >= 0.3 is 0 Å². The van der Waals surface area contributed by atoms with Crippen LogP contribution in [0.15, 0.2) is 53.3 Å². The minimum atomic E-state index is 0.120. The molecule has 6 rings (SSSR count). The maximum atomic E-state index is 13.6. The second-order valence-corrected chi connectivity index (χ2v) is 10.0. The molecule has 2 atom stereocenters. The van der Waals surface area contributed by atoms with Gasteiger partial charge in [-0.25, -0.2) is 4.98 Å². The summed E-state index contributed by atoms with van der Waals surface area (Å²) in [4.78, 5) is 23.4. The molecule has 2 aliphatic heterocycles. The Bertz CT molecular complexity index is 1340. The van der Waals surface area contributed by atoms with E-state index in [1.165, 1.54) is 5.56 Å². The van der Waals surface area contributed by atoms with E-state index in [-0.39, 0.29) is 5.91 Å². The van der Waals surface area contributed by atoms with Crippen LogP contribution >= 0.6 is 0 Å². The van der Waals surface area contributed by atoms with Gasteiger partial charge in [-0.3, -0.25) is 4.79 Å². The number of aryl methyl sites for hydroxylation is 2. The number of carbonyl (C=O) groups excluding carboxylic acids is 1. The highest BCUT2D eigenvalue weighted by molar-refractivity contribution is 5.95. The molecule has 0 radical (unpaired) electrons. The third kappa shape index (κ3) is 4.20. The lowest BCUT2D eigenvalue weighted by Gasteiger charge is -2.39. The average molecular weight is 471 g/mol. The predicted octanol–water partition coefficient (Wildman–Crippen LogP) is 5.37. The lowest BCUT2D eigenvalue weighted by Crippen LogP contribution is -2.46. The SMILES string of the molecule is Cc1noc(C)c1COc1cccc(C(=O)N2[C@H]3CC[C@H]2CC(Cc2cnc4[nH]ccc4c2)C3)c1. The maximum absolute atomic E-state index is 13.6. The van der Waals surface area contributed by atoms with Gasteiger partial charge in [0.15, 0.2) is 0 Å². The van der Waals surface area contributed by atoms with Gasteiger partial charge in [0.2, 0.25) is 0 Å². The zero-order chi connectivity index (χ0) is 23.9. The van der Waals surface area contributed by atoms with Crippen LogP contribution in [-0.2, 0) is 13.0 Å². The second kappa shape index (κ2) is 8.87. The fourth-order valence-corrected chi connectivity index (χ4v) is 5.95. The van der Waals surface area contributed by atoms with E-state index in [0.717, 1.165) is 60.2 Å². The predicted molar refractivity (Wildman–Crippen MR) is 132 cm³/mol. The first-order chi connectivity index (χ1) is 17.0. The van der Waals surface area contributed by atoms with Gasteiger partial charge in [-0.05, 0) is 87.8 Å². The molecule has 2 fully saturated rings. The van der Waals surface area contributed by atoms with Crippen molar-refractivity contribution >= 4 is 16.9 Å². The van der Waals surface area contributed by atoms with E-state index in [2.05, 4.69) is 32.2 Å². The van der Waals surface area contributed by atoms with Gasteiger partial charge in [0.1, 0.15) is 23.8 Å². The first-order valence-electron chi connectivity index (χ1n) is 12.4. The molecule has 0 unspecified atom stereocenters. The van der Waals surface area contributed by atoms with Gasteiger partial charge < -0.3 is 19.1 Å². The number of nitrogens with one attached hydrogen (secondary N) is 1. The summed E-state index contributed by atoms with van der Waals surface area (Å²) < 4.78 is 11.2. The Kier molecular flexibility index (Phi) is 5.55. The summed E-state index contributed by atoms with van der Waals surface area (Å²) in [6.07, 6.45) is 9.23. The molecule has 2 bridgehead atoms. The van der Waals surface area contributed by atoms with Crippen LogP contribution in [0.4, 0.5) is 0 Å². The lowest BCUT2D eigenvalue weighted by molar-refractivity contribution is 0.0524. The molecule has 1 N–H and O–H groups in total. The van der Waals surface area contributed by atoms with E-state index in [4.69, 9.17) is 9.26 Å². The van der Waals surface area contributed by atoms with Gasteiger partial charge in [-0.15, -0.1) is 0 Å². The largest absolute Gasteiger partial charge is 0.489 e. The fourth-order valence-electron chi connectivity index (χ4n) is 5.95. The number of benzene rings is 1. The number of nitrogens with zero attached hydrogens (tertiary/aromatic N) is 3. The third-order valence-corrected chi connectivity index (χ3v) is 7.69. The Hall–Kier alpha value is -3.61. The van der Waals surface area contributed by atoms with Crippen LogP contribution in [0.5, 0.6) is 5.75 Å². The first kappa shape index (κ1) is 21.9. The number of hydrogen-bond donors (Lipinski definition) is 1. The van der Waals surface area contributed by atoms with Gasteiger partial charge in [0.25, 0.3) is 5.91 Å². The van der Waals surface area contributed by atoms with Crippen molar-refractivity contribution in [3.8, 4) is 5.75 Å². The topological polar surface area (TPSA) is 84.2 Å². The van der Waals surface area contributed by atoms with E-state index in [0.29, 0.717) is 35.9 Å². The van der Waals surface area contributed by atoms with Crippen molar-refractivity contribution in [3.05, 3.63) is 76.9 Å². The van der Waals surface area contributed by atoms with Crippen molar-refractivity contribution in [2.45, 2.75) is 64.6 Å². The summed E-state index contributed by atoms with van der Waals surface area (Å²) >= 11 is 0. The Labute approximate surface area is 204 Å². The number of amides is 1. The van der Waals surface area contributed by atoms with Crippen LogP contribution in [0.2, 0.25) is 0 Å². The molecule has 0 aliphatic carbocycles. The van der Waals surface area contributed by atoms with Crippen molar-refractivity contribution in [2.24, 2.45) is 5.92 Å². The highest BCUT2D eigenvalue weighted by Gasteiger charge is 2.43. The lowest BCUT2D eigenvalue weighted by atomic mass is 9.85. The second-order valence-electron chi connectivity index (χ2n) is 10.0. The van der Waals surface area contributed by atoms with Crippen molar-refractivity contribution in [3.63, 3.8) is 0 Å². The highest BCUT2D eigenvalue weighted by atomic mass is 16.5. The quantitative estimate of drug-likeness (QED) is 0.409. The summed E-state index contributed by atoms with van der Waals surface area (Å²) in [6, 6.07) is 12.5. The highest BCUT2D eigenvalue weighted by Crippen LogP contribution is 2.41. The van der Waals surface area contributed by atoms with Crippen LogP contribution in [0, 0.1) is 19.8 Å². The zero-order valence-corrected chi connectivity index (χ0v) is 20.2. The van der Waals surface area contributed by atoms with Crippen LogP contribution < -0.4 is 4.74 Å². The maximum Gasteiger partial charge on any atom is 0.254 e. The number of piperidine rings is 1. The van der Waals surface area contributed by atoms with E-state index in [1.807, 2.05) is 50.5 Å². The number of hydrogen-bond acceptors (Lipinski definition) is 5. The number of pyridine rings is 1. The van der Waals surface area contributed by atoms with Crippen molar-refractivity contribution in [1.29, 1.82) is 0 Å². The number of ether oxygens (including phenoxy) is 1. The molecule has 35 heavy (non-hydrogen) atoms. The molecule has 1 aromatic carbocycles. The molecule has 0 saturated carbocycles. The molecule has 5 heterocycles. The minimum Gasteiger partial charge on any atom is -0.489 e. The van der Waals surface area contributed by atoms with Crippen LogP contribution in [0.3, 0.4) is 0 Å². The average Bonchev–Trinajstić information content (AvgIpc) is 3.53. The van der Waals surface area contributed by atoms with Crippen LogP contribution in [0.25, 0.3) is 11.0 Å². The Morgan fingerprint density at radius 1 is 1.17 bits per heavy atom. The van der Waals surface area contributed by atoms with Crippen molar-refractivity contribution < 1.29 is 14.1 Å². The summed E-state index contributed by atoms with van der Waals surface area (Å²) in [7, 11) is 0. The van der Waals surface area contributed by atoms with E-state index < -0.39 is 0 Å². The summed E-state index contributed by atoms with van der Waals surface area (Å²) in [5.41, 5.74) is 4.70. The summed E-state index contributed by atoms with van der Waals surface area (Å²) in [5.74, 6) is 2.15. The van der Waals surface area contributed by atoms with Crippen LogP contribution in [0.1, 0.15) is 58.6 Å². The van der Waals surface area contributed by atoms with Gasteiger partial charge in [0, 0.05) is 35.4 Å². The van der Waals surface area contributed by atoms with Crippen LogP contribution in [-0.4, -0.2) is 38.0 Å². The zero-order valence-electron chi connectivity index (χ0n) is 20.2. The van der Waals surface area contributed by atoms with Gasteiger partial charge in [-0.1, -0.05) is 11.2 Å². The molecule has 180 valence electrons. The van der Waals surface area contributed by atoms with Gasteiger partial charge in [-0.2, -0.15) is 0 Å². The Morgan fingerprint density at radius 3 is 2.77 bits per heavy atom.